The first kappa shape index (κ1) is 27.4. The molecule has 0 spiro atoms. The van der Waals surface area contributed by atoms with Gasteiger partial charge in [-0.1, -0.05) is 170 Å². The van der Waals surface area contributed by atoms with Gasteiger partial charge < -0.3 is 0 Å². The zero-order chi connectivity index (χ0) is 21.1. The molecule has 0 aromatic rings. The second-order valence-electron chi connectivity index (χ2n) is 7.90. The van der Waals surface area contributed by atoms with E-state index in [2.05, 4.69) is 31.2 Å². The van der Waals surface area contributed by atoms with Gasteiger partial charge in [0.05, 0.1) is 0 Å². The van der Waals surface area contributed by atoms with E-state index in [1.54, 1.807) is 6.08 Å². The molecule has 0 nitrogen and oxygen atoms in total. The summed E-state index contributed by atoms with van der Waals surface area (Å²) < 4.78 is 0. The molecule has 0 fully saturated rings. The van der Waals surface area contributed by atoms with Crippen LogP contribution in [-0.4, -0.2) is 0 Å². The predicted octanol–water partition coefficient (Wildman–Crippen LogP) is 10.0. The Kier molecular flexibility index (Phi) is 25.0. The lowest BCUT2D eigenvalue weighted by atomic mass is 10.0. The first-order valence-corrected chi connectivity index (χ1v) is 12.3. The van der Waals surface area contributed by atoms with Crippen molar-refractivity contribution in [1.29, 1.82) is 0 Å². The van der Waals surface area contributed by atoms with E-state index < -0.39 is 0 Å². The molecule has 0 amide bonds. The molecule has 0 atom stereocenters. The highest BCUT2D eigenvalue weighted by Crippen LogP contribution is 2.13. The Morgan fingerprint density at radius 2 is 0.759 bits per heavy atom. The molecule has 0 N–H and O–H groups in total. The molecule has 0 rings (SSSR count). The summed E-state index contributed by atoms with van der Waals surface area (Å²) in [6.45, 7) is 7.54. The molecule has 0 aromatic heterocycles. The molecule has 0 saturated heterocycles. The zero-order valence-corrected chi connectivity index (χ0v) is 19.2. The molecule has 0 aliphatic rings. The second kappa shape index (κ2) is 26.4. The molecule has 0 heterocycles. The van der Waals surface area contributed by atoms with Gasteiger partial charge in [0.25, 0.3) is 0 Å². The maximum absolute atomic E-state index is 5.24. The van der Waals surface area contributed by atoms with Gasteiger partial charge in [-0.25, -0.2) is 0 Å². The van der Waals surface area contributed by atoms with Crippen LogP contribution in [0.5, 0.6) is 0 Å². The summed E-state index contributed by atoms with van der Waals surface area (Å²) in [7, 11) is 0. The maximum atomic E-state index is 5.24. The maximum Gasteiger partial charge on any atom is -0.0348 e. The normalized spacial score (nSPS) is 12.6. The second-order valence-corrected chi connectivity index (χ2v) is 7.90. The summed E-state index contributed by atoms with van der Waals surface area (Å²) in [6, 6.07) is 0. The largest absolute Gasteiger partial charge is 0.0845 e. The zero-order valence-electron chi connectivity index (χ0n) is 19.2. The Morgan fingerprint density at radius 1 is 0.414 bits per heavy atom. The predicted molar refractivity (Wildman–Crippen MR) is 134 cm³/mol. The third-order valence-corrected chi connectivity index (χ3v) is 5.11. The molecular weight excluding hydrogens is 348 g/mol. The highest BCUT2D eigenvalue weighted by Gasteiger charge is 1.94. The minimum atomic E-state index is 1.20. The Hall–Kier alpha value is -1.56. The SMILES string of the molecule is [CH]=C/C=C/C=C/C=C/C=C/C=C/CCCCCCCCCCCCCCCCC. The van der Waals surface area contributed by atoms with Gasteiger partial charge in [-0.05, 0) is 12.8 Å². The van der Waals surface area contributed by atoms with Gasteiger partial charge >= 0.3 is 0 Å². The summed E-state index contributed by atoms with van der Waals surface area (Å²) >= 11 is 0. The average molecular weight is 396 g/mol. The van der Waals surface area contributed by atoms with Crippen LogP contribution >= 0.6 is 0 Å². The van der Waals surface area contributed by atoms with E-state index in [9.17, 15) is 0 Å². The summed E-state index contributed by atoms with van der Waals surface area (Å²) in [5.41, 5.74) is 0. The lowest BCUT2D eigenvalue weighted by Gasteiger charge is -2.03. The Bertz CT molecular complexity index is 458. The lowest BCUT2D eigenvalue weighted by Crippen LogP contribution is -1.83. The fraction of sp³-hybridized carbons (Fsp3) is 0.586. The van der Waals surface area contributed by atoms with Crippen molar-refractivity contribution < 1.29 is 0 Å². The van der Waals surface area contributed by atoms with Crippen molar-refractivity contribution in [2.24, 2.45) is 0 Å². The van der Waals surface area contributed by atoms with E-state index in [0.29, 0.717) is 0 Å². The van der Waals surface area contributed by atoms with E-state index in [1.807, 2.05) is 30.4 Å². The Balaban J connectivity index is 3.26. The van der Waals surface area contributed by atoms with Crippen molar-refractivity contribution in [2.75, 3.05) is 0 Å². The molecule has 0 unspecified atom stereocenters. The third kappa shape index (κ3) is 26.4. The van der Waals surface area contributed by atoms with Crippen molar-refractivity contribution in [2.45, 2.75) is 110 Å². The van der Waals surface area contributed by atoms with Crippen LogP contribution in [-0.2, 0) is 0 Å². The van der Waals surface area contributed by atoms with E-state index >= 15 is 0 Å². The smallest absolute Gasteiger partial charge is 0.0348 e. The van der Waals surface area contributed by atoms with E-state index in [-0.39, 0.29) is 0 Å². The molecule has 163 valence electrons. The quantitative estimate of drug-likeness (QED) is 0.134. The minimum absolute atomic E-state index is 1.20. The standard InChI is InChI=1S/C29H47/c1-3-5-7-9-11-13-15-17-19-21-23-25-27-29-28-26-24-22-20-18-16-14-12-10-8-6-4-2/h1,3,5,7,9,11,13,15,17,19,21,23H,4,6,8,10,12,14,16,18,20,22,24-29H2,2H3/b3-1?,7-5+,11-9+,15-13+,19-17+,23-21+. The van der Waals surface area contributed by atoms with E-state index in [4.69, 9.17) is 6.58 Å². The number of allylic oxidation sites excluding steroid dienone is 11. The van der Waals surface area contributed by atoms with Crippen LogP contribution in [0.25, 0.3) is 0 Å². The monoisotopic (exact) mass is 395 g/mol. The molecular formula is C29H47. The number of rotatable bonds is 21. The Morgan fingerprint density at radius 3 is 1.17 bits per heavy atom. The van der Waals surface area contributed by atoms with Gasteiger partial charge in [-0.2, -0.15) is 0 Å². The highest BCUT2D eigenvalue weighted by atomic mass is 14.0. The van der Waals surface area contributed by atoms with Crippen LogP contribution in [0.2, 0.25) is 0 Å². The molecule has 0 saturated carbocycles. The van der Waals surface area contributed by atoms with Crippen molar-refractivity contribution in [3.63, 3.8) is 0 Å². The summed E-state index contributed by atoms with van der Waals surface area (Å²) in [5.74, 6) is 0. The van der Waals surface area contributed by atoms with Gasteiger partial charge in [0, 0.05) is 0 Å². The van der Waals surface area contributed by atoms with Crippen LogP contribution in [0.4, 0.5) is 0 Å². The Labute approximate surface area is 183 Å². The first-order valence-electron chi connectivity index (χ1n) is 12.3. The number of hydrogen-bond acceptors (Lipinski definition) is 0. The number of hydrogen-bond donors (Lipinski definition) is 0. The molecule has 0 aromatic carbocycles. The van der Waals surface area contributed by atoms with Gasteiger partial charge in [-0.3, -0.25) is 0 Å². The first-order chi connectivity index (χ1) is 14.4. The van der Waals surface area contributed by atoms with Crippen LogP contribution in [0.3, 0.4) is 0 Å². The van der Waals surface area contributed by atoms with E-state index in [1.165, 1.54) is 109 Å². The van der Waals surface area contributed by atoms with Crippen molar-refractivity contribution in [3.8, 4) is 0 Å². The van der Waals surface area contributed by atoms with Gasteiger partial charge in [-0.15, -0.1) is 0 Å². The van der Waals surface area contributed by atoms with Crippen molar-refractivity contribution in [3.05, 3.63) is 73.4 Å². The summed E-state index contributed by atoms with van der Waals surface area (Å²) in [6.07, 6.45) is 44.5. The minimum Gasteiger partial charge on any atom is -0.0845 e. The van der Waals surface area contributed by atoms with Crippen LogP contribution in [0, 0.1) is 6.58 Å². The summed E-state index contributed by atoms with van der Waals surface area (Å²) in [4.78, 5) is 0. The third-order valence-electron chi connectivity index (χ3n) is 5.11. The molecule has 29 heavy (non-hydrogen) atoms. The molecule has 0 bridgehead atoms. The van der Waals surface area contributed by atoms with Gasteiger partial charge in [0.2, 0.25) is 0 Å². The van der Waals surface area contributed by atoms with Crippen LogP contribution < -0.4 is 0 Å². The summed E-state index contributed by atoms with van der Waals surface area (Å²) in [5, 5.41) is 0. The van der Waals surface area contributed by atoms with E-state index in [0.717, 1.165) is 0 Å². The topological polar surface area (TPSA) is 0 Å². The van der Waals surface area contributed by atoms with Crippen molar-refractivity contribution >= 4 is 0 Å². The molecule has 0 heteroatoms. The fourth-order valence-corrected chi connectivity index (χ4v) is 3.32. The average Bonchev–Trinajstić information content (AvgIpc) is 2.74. The van der Waals surface area contributed by atoms with Gasteiger partial charge in [0.1, 0.15) is 0 Å². The van der Waals surface area contributed by atoms with Crippen LogP contribution in [0.15, 0.2) is 66.8 Å². The molecule has 0 aliphatic heterocycles. The molecule has 0 aliphatic carbocycles. The number of unbranched alkanes of at least 4 members (excludes halogenated alkanes) is 15. The van der Waals surface area contributed by atoms with Crippen molar-refractivity contribution in [1.82, 2.24) is 0 Å². The highest BCUT2D eigenvalue weighted by molar-refractivity contribution is 5.18. The lowest BCUT2D eigenvalue weighted by molar-refractivity contribution is 0.533. The van der Waals surface area contributed by atoms with Gasteiger partial charge in [0.15, 0.2) is 0 Å². The molecule has 1 radical (unpaired) electrons. The van der Waals surface area contributed by atoms with Crippen LogP contribution in [0.1, 0.15) is 110 Å². The fourth-order valence-electron chi connectivity index (χ4n) is 3.32.